The van der Waals surface area contributed by atoms with Crippen molar-refractivity contribution in [3.8, 4) is 0 Å². The van der Waals surface area contributed by atoms with Gasteiger partial charge in [-0.15, -0.1) is 11.3 Å². The van der Waals surface area contributed by atoms with E-state index in [4.69, 9.17) is 0 Å². The van der Waals surface area contributed by atoms with Gasteiger partial charge in [0.15, 0.2) is 0 Å². The number of urea groups is 2. The van der Waals surface area contributed by atoms with E-state index in [0.29, 0.717) is 10.7 Å². The highest BCUT2D eigenvalue weighted by atomic mass is 32.2. The molecule has 2 heterocycles. The van der Waals surface area contributed by atoms with Crippen LogP contribution in [0.2, 0.25) is 0 Å². The second-order valence-corrected chi connectivity index (χ2v) is 8.90. The van der Waals surface area contributed by atoms with E-state index in [1.165, 1.54) is 4.70 Å². The molecule has 1 unspecified atom stereocenters. The fourth-order valence-electron chi connectivity index (χ4n) is 2.87. The largest absolute Gasteiger partial charge is 0.341 e. The van der Waals surface area contributed by atoms with Crippen molar-refractivity contribution >= 4 is 43.5 Å². The van der Waals surface area contributed by atoms with Gasteiger partial charge in [-0.25, -0.2) is 27.2 Å². The lowest BCUT2D eigenvalue weighted by Gasteiger charge is -2.19. The van der Waals surface area contributed by atoms with Crippen LogP contribution in [0.5, 0.6) is 0 Å². The van der Waals surface area contributed by atoms with E-state index in [0.717, 1.165) is 22.1 Å². The molecule has 1 aliphatic rings. The summed E-state index contributed by atoms with van der Waals surface area (Å²) in [4.78, 5) is 25.3. The van der Waals surface area contributed by atoms with Crippen molar-refractivity contribution in [2.75, 3.05) is 19.3 Å². The molecule has 4 amide bonds. The molecule has 1 N–H and O–H groups in total. The Kier molecular flexibility index (Phi) is 4.70. The second kappa shape index (κ2) is 6.64. The molecule has 3 rings (SSSR count). The van der Waals surface area contributed by atoms with Crippen molar-refractivity contribution in [2.24, 2.45) is 0 Å². The predicted octanol–water partition coefficient (Wildman–Crippen LogP) is 2.24. The Morgan fingerprint density at radius 1 is 1.32 bits per heavy atom. The van der Waals surface area contributed by atoms with E-state index in [1.54, 1.807) is 11.3 Å². The van der Waals surface area contributed by atoms with E-state index in [9.17, 15) is 18.0 Å². The van der Waals surface area contributed by atoms with Crippen molar-refractivity contribution in [2.45, 2.75) is 19.4 Å². The highest BCUT2D eigenvalue weighted by molar-refractivity contribution is 7.88. The number of carbonyl (C=O) groups is 2. The van der Waals surface area contributed by atoms with Crippen molar-refractivity contribution in [3.05, 3.63) is 35.2 Å². The van der Waals surface area contributed by atoms with Gasteiger partial charge in [-0.3, -0.25) is 0 Å². The van der Waals surface area contributed by atoms with Crippen LogP contribution in [0.3, 0.4) is 0 Å². The molecule has 0 saturated carbocycles. The topological polar surface area (TPSA) is 86.8 Å². The summed E-state index contributed by atoms with van der Waals surface area (Å²) >= 11 is 1.65. The van der Waals surface area contributed by atoms with Gasteiger partial charge < -0.3 is 5.32 Å². The monoisotopic (exact) mass is 381 g/mol. The zero-order valence-corrected chi connectivity index (χ0v) is 15.6. The molecule has 1 saturated heterocycles. The van der Waals surface area contributed by atoms with Crippen molar-refractivity contribution < 1.29 is 18.0 Å². The summed E-state index contributed by atoms with van der Waals surface area (Å²) in [6.45, 7) is 1.92. The van der Waals surface area contributed by atoms with Crippen LogP contribution in [-0.4, -0.2) is 55.1 Å². The number of hydrogen-bond donors (Lipinski definition) is 1. The number of carbonyl (C=O) groups excluding carboxylic acids is 2. The first-order valence-electron chi connectivity index (χ1n) is 7.82. The fourth-order valence-corrected chi connectivity index (χ4v) is 4.64. The third kappa shape index (κ3) is 3.62. The van der Waals surface area contributed by atoms with Crippen LogP contribution in [0.4, 0.5) is 9.59 Å². The summed E-state index contributed by atoms with van der Waals surface area (Å²) in [5.74, 6) is 0. The SMILES string of the molecule is CC(Cc1csc2ccccc12)NC(=O)N1CCN(S(C)(=O)=O)C1=O. The molecule has 1 fully saturated rings. The van der Waals surface area contributed by atoms with E-state index in [1.807, 2.05) is 25.1 Å². The maximum absolute atomic E-state index is 12.3. The van der Waals surface area contributed by atoms with Gasteiger partial charge in [-0.1, -0.05) is 18.2 Å². The zero-order valence-electron chi connectivity index (χ0n) is 13.9. The summed E-state index contributed by atoms with van der Waals surface area (Å²) in [6, 6.07) is 6.51. The van der Waals surface area contributed by atoms with E-state index in [-0.39, 0.29) is 19.1 Å². The van der Waals surface area contributed by atoms with Crippen LogP contribution in [-0.2, 0) is 16.4 Å². The smallest absolute Gasteiger partial charge is 0.335 e. The number of fused-ring (bicyclic) bond motifs is 1. The number of rotatable bonds is 4. The average Bonchev–Trinajstić information content (AvgIpc) is 3.11. The van der Waals surface area contributed by atoms with Crippen molar-refractivity contribution in [1.29, 1.82) is 0 Å². The third-order valence-corrected chi connectivity index (χ3v) is 6.23. The first-order valence-corrected chi connectivity index (χ1v) is 10.5. The molecule has 7 nitrogen and oxygen atoms in total. The Morgan fingerprint density at radius 3 is 2.72 bits per heavy atom. The van der Waals surface area contributed by atoms with Crippen molar-refractivity contribution in [3.63, 3.8) is 0 Å². The van der Waals surface area contributed by atoms with Gasteiger partial charge in [0, 0.05) is 10.7 Å². The molecule has 0 bridgehead atoms. The van der Waals surface area contributed by atoms with E-state index >= 15 is 0 Å². The molecule has 2 aromatic rings. The van der Waals surface area contributed by atoms with Crippen molar-refractivity contribution in [1.82, 2.24) is 14.5 Å². The average molecular weight is 381 g/mol. The van der Waals surface area contributed by atoms with Gasteiger partial charge in [0.2, 0.25) is 10.0 Å². The Labute approximate surface area is 150 Å². The Hall–Kier alpha value is -2.13. The highest BCUT2D eigenvalue weighted by Crippen LogP contribution is 2.26. The molecule has 134 valence electrons. The highest BCUT2D eigenvalue weighted by Gasteiger charge is 2.38. The number of hydrogen-bond acceptors (Lipinski definition) is 5. The van der Waals surface area contributed by atoms with Crippen LogP contribution in [0, 0.1) is 0 Å². The molecular formula is C16H19N3O4S2. The van der Waals surface area contributed by atoms with Gasteiger partial charge >= 0.3 is 12.1 Å². The molecule has 0 aliphatic carbocycles. The van der Waals surface area contributed by atoms with Gasteiger partial charge in [0.25, 0.3) is 0 Å². The summed E-state index contributed by atoms with van der Waals surface area (Å²) in [7, 11) is -3.65. The van der Waals surface area contributed by atoms with Gasteiger partial charge in [0.1, 0.15) is 0 Å². The Morgan fingerprint density at radius 2 is 2.04 bits per heavy atom. The van der Waals surface area contributed by atoms with E-state index in [2.05, 4.69) is 16.8 Å². The van der Waals surface area contributed by atoms with Crippen LogP contribution < -0.4 is 5.32 Å². The summed E-state index contributed by atoms with van der Waals surface area (Å²) in [6.07, 6.45) is 1.59. The predicted molar refractivity (Wildman–Crippen MR) is 97.2 cm³/mol. The summed E-state index contributed by atoms with van der Waals surface area (Å²) in [5, 5.41) is 6.01. The number of sulfonamides is 1. The molecule has 0 spiro atoms. The number of nitrogens with zero attached hydrogens (tertiary/aromatic N) is 2. The minimum absolute atomic E-state index is 0.00532. The lowest BCUT2D eigenvalue weighted by atomic mass is 10.1. The molecule has 1 aromatic heterocycles. The number of nitrogens with one attached hydrogen (secondary N) is 1. The van der Waals surface area contributed by atoms with Crippen LogP contribution >= 0.6 is 11.3 Å². The number of thiophene rings is 1. The zero-order chi connectivity index (χ0) is 18.2. The number of amides is 4. The van der Waals surface area contributed by atoms with Crippen LogP contribution in [0.25, 0.3) is 10.1 Å². The van der Waals surface area contributed by atoms with Gasteiger partial charge in [0.05, 0.1) is 19.3 Å². The number of benzene rings is 1. The standard InChI is InChI=1S/C16H19N3O4S2/c1-11(9-12-10-24-14-6-4-3-5-13(12)14)17-15(20)18-7-8-19(16(18)21)25(2,22)23/h3-6,10-11H,7-9H2,1-2H3,(H,17,20). The Bertz CT molecular complexity index is 922. The molecule has 9 heteroatoms. The Balaban J connectivity index is 1.64. The maximum atomic E-state index is 12.3. The first-order chi connectivity index (χ1) is 11.8. The maximum Gasteiger partial charge on any atom is 0.341 e. The second-order valence-electron chi connectivity index (χ2n) is 6.08. The molecule has 25 heavy (non-hydrogen) atoms. The first kappa shape index (κ1) is 17.7. The summed E-state index contributed by atoms with van der Waals surface area (Å²) < 4.78 is 24.9. The summed E-state index contributed by atoms with van der Waals surface area (Å²) in [5.41, 5.74) is 1.14. The minimum atomic E-state index is -3.65. The van der Waals surface area contributed by atoms with Crippen LogP contribution in [0.15, 0.2) is 29.6 Å². The quantitative estimate of drug-likeness (QED) is 0.880. The lowest BCUT2D eigenvalue weighted by molar-refractivity contribution is 0.192. The molecule has 1 aromatic carbocycles. The minimum Gasteiger partial charge on any atom is -0.335 e. The van der Waals surface area contributed by atoms with Crippen LogP contribution in [0.1, 0.15) is 12.5 Å². The van der Waals surface area contributed by atoms with Gasteiger partial charge in [-0.05, 0) is 35.7 Å². The molecule has 1 atom stereocenters. The molecule has 0 radical (unpaired) electrons. The normalized spacial score (nSPS) is 16.5. The third-order valence-electron chi connectivity index (χ3n) is 4.07. The lowest BCUT2D eigenvalue weighted by Crippen LogP contribution is -2.46. The fraction of sp³-hybridized carbons (Fsp3) is 0.375. The molecule has 1 aliphatic heterocycles. The number of imide groups is 1. The van der Waals surface area contributed by atoms with E-state index < -0.39 is 22.1 Å². The molecular weight excluding hydrogens is 362 g/mol. The van der Waals surface area contributed by atoms with Gasteiger partial charge in [-0.2, -0.15) is 0 Å².